The molecule has 1 aliphatic heterocycles. The van der Waals surface area contributed by atoms with Crippen molar-refractivity contribution in [2.75, 3.05) is 7.11 Å². The fourth-order valence-electron chi connectivity index (χ4n) is 3.71. The number of ether oxygens (including phenoxy) is 1. The molecule has 0 saturated heterocycles. The summed E-state index contributed by atoms with van der Waals surface area (Å²) in [6, 6.07) is 7.44. The molecule has 3 rings (SSSR count). The highest BCUT2D eigenvalue weighted by Gasteiger charge is 2.47. The van der Waals surface area contributed by atoms with Crippen molar-refractivity contribution in [1.82, 2.24) is 9.88 Å². The highest BCUT2D eigenvalue weighted by molar-refractivity contribution is 5.90. The maximum absolute atomic E-state index is 12.5. The van der Waals surface area contributed by atoms with Gasteiger partial charge in [0, 0.05) is 30.9 Å². The predicted octanol–water partition coefficient (Wildman–Crippen LogP) is 2.99. The van der Waals surface area contributed by atoms with E-state index in [0.717, 1.165) is 22.2 Å². The Hall–Kier alpha value is -2.30. The number of para-hydroxylation sites is 1. The predicted molar refractivity (Wildman–Crippen MR) is 90.1 cm³/mol. The molecule has 0 aliphatic carbocycles. The summed E-state index contributed by atoms with van der Waals surface area (Å²) in [6.45, 7) is 5.77. The van der Waals surface area contributed by atoms with Gasteiger partial charge in [-0.25, -0.2) is 4.79 Å². The summed E-state index contributed by atoms with van der Waals surface area (Å²) in [5.74, 6) is -0.412. The summed E-state index contributed by atoms with van der Waals surface area (Å²) < 4.78 is 4.97. The highest BCUT2D eigenvalue weighted by Crippen LogP contribution is 2.41. The van der Waals surface area contributed by atoms with Gasteiger partial charge in [-0.1, -0.05) is 25.1 Å². The number of H-pyrrole nitrogens is 1. The van der Waals surface area contributed by atoms with E-state index in [4.69, 9.17) is 4.74 Å². The molecule has 0 bridgehead atoms. The number of fused-ring (bicyclic) bond motifs is 3. The van der Waals surface area contributed by atoms with Gasteiger partial charge in [-0.2, -0.15) is 0 Å². The maximum atomic E-state index is 12.5. The van der Waals surface area contributed by atoms with Crippen LogP contribution in [0.5, 0.6) is 0 Å². The van der Waals surface area contributed by atoms with Crippen LogP contribution in [-0.4, -0.2) is 34.9 Å². The lowest BCUT2D eigenvalue weighted by Crippen LogP contribution is -2.58. The van der Waals surface area contributed by atoms with Gasteiger partial charge in [0.1, 0.15) is 6.04 Å². The number of amides is 1. The van der Waals surface area contributed by atoms with E-state index >= 15 is 0 Å². The first-order valence-electron chi connectivity index (χ1n) is 7.91. The summed E-state index contributed by atoms with van der Waals surface area (Å²) in [7, 11) is 1.37. The van der Waals surface area contributed by atoms with Crippen molar-refractivity contribution in [3.05, 3.63) is 35.5 Å². The van der Waals surface area contributed by atoms with E-state index in [1.807, 2.05) is 45.0 Å². The highest BCUT2D eigenvalue weighted by atomic mass is 16.5. The fourth-order valence-corrected chi connectivity index (χ4v) is 3.71. The molecule has 1 unspecified atom stereocenters. The maximum Gasteiger partial charge on any atom is 0.328 e. The lowest BCUT2D eigenvalue weighted by Gasteiger charge is -2.46. The van der Waals surface area contributed by atoms with Crippen molar-refractivity contribution in [3.63, 3.8) is 0 Å². The van der Waals surface area contributed by atoms with Crippen molar-refractivity contribution in [3.8, 4) is 0 Å². The number of benzene rings is 1. The molecule has 5 nitrogen and oxygen atoms in total. The molecule has 1 aromatic heterocycles. The van der Waals surface area contributed by atoms with Crippen LogP contribution in [0.1, 0.15) is 39.9 Å². The Morgan fingerprint density at radius 3 is 2.74 bits per heavy atom. The summed E-state index contributed by atoms with van der Waals surface area (Å²) in [5.41, 5.74) is 2.53. The fraction of sp³-hybridized carbons (Fsp3) is 0.444. The molecule has 0 fully saturated rings. The summed E-state index contributed by atoms with van der Waals surface area (Å²) in [6.07, 6.45) is 0.827. The number of rotatable bonds is 2. The van der Waals surface area contributed by atoms with Crippen LogP contribution in [0.25, 0.3) is 10.9 Å². The Bertz CT molecular complexity index is 782. The van der Waals surface area contributed by atoms with Crippen LogP contribution in [0.4, 0.5) is 0 Å². The molecule has 0 saturated carbocycles. The van der Waals surface area contributed by atoms with Crippen LogP contribution < -0.4 is 0 Å². The minimum Gasteiger partial charge on any atom is -0.467 e. The second-order valence-electron chi connectivity index (χ2n) is 6.44. The molecule has 1 aromatic carbocycles. The van der Waals surface area contributed by atoms with Crippen molar-refractivity contribution >= 4 is 22.8 Å². The monoisotopic (exact) mass is 316 g/mol. The Morgan fingerprint density at radius 1 is 1.39 bits per heavy atom. The zero-order chi connectivity index (χ0) is 16.8. The molecule has 124 valence electrons. The summed E-state index contributed by atoms with van der Waals surface area (Å²) in [5, 5.41) is 1.10. The molecular weight excluding hydrogens is 292 g/mol. The molecule has 2 aromatic rings. The first-order chi connectivity index (χ1) is 10.9. The largest absolute Gasteiger partial charge is 0.467 e. The van der Waals surface area contributed by atoms with E-state index in [9.17, 15) is 9.59 Å². The second kappa shape index (κ2) is 5.41. The quantitative estimate of drug-likeness (QED) is 0.866. The van der Waals surface area contributed by atoms with E-state index in [-0.39, 0.29) is 13.3 Å². The third-order valence-electron chi connectivity index (χ3n) is 4.78. The van der Waals surface area contributed by atoms with Gasteiger partial charge in [-0.05, 0) is 25.5 Å². The number of carbonyl (C=O) groups excluding carboxylic acids is 2. The van der Waals surface area contributed by atoms with Gasteiger partial charge in [-0.15, -0.1) is 0 Å². The molecule has 1 atom stereocenters. The van der Waals surface area contributed by atoms with Crippen molar-refractivity contribution in [2.45, 2.75) is 45.2 Å². The Morgan fingerprint density at radius 2 is 2.09 bits per heavy atom. The average Bonchev–Trinajstić information content (AvgIpc) is 2.93. The standard InChI is InChI=1S/C18H22N2O3.H2/c1-5-15(21)20-14(17(22)23-4)10-12-11-8-6-7-9-13(11)19-16(12)18(20,2)3;/h6-9,14,19H,5,10H2,1-4H3;1H. The van der Waals surface area contributed by atoms with Gasteiger partial charge < -0.3 is 14.6 Å². The lowest BCUT2D eigenvalue weighted by molar-refractivity contribution is -0.159. The number of aromatic nitrogens is 1. The second-order valence-corrected chi connectivity index (χ2v) is 6.44. The van der Waals surface area contributed by atoms with E-state index in [1.165, 1.54) is 7.11 Å². The number of nitrogens with zero attached hydrogens (tertiary/aromatic N) is 1. The van der Waals surface area contributed by atoms with Gasteiger partial charge in [0.15, 0.2) is 0 Å². The number of hydrogen-bond donors (Lipinski definition) is 1. The van der Waals surface area contributed by atoms with Crippen LogP contribution in [0.3, 0.4) is 0 Å². The normalized spacial score (nSPS) is 19.5. The average molecular weight is 316 g/mol. The first-order valence-corrected chi connectivity index (χ1v) is 7.91. The molecular formula is C18H24N2O3. The van der Waals surface area contributed by atoms with Crippen LogP contribution in [0.2, 0.25) is 0 Å². The van der Waals surface area contributed by atoms with Crippen LogP contribution >= 0.6 is 0 Å². The van der Waals surface area contributed by atoms with Gasteiger partial charge in [0.05, 0.1) is 12.6 Å². The van der Waals surface area contributed by atoms with Gasteiger partial charge in [0.2, 0.25) is 5.91 Å². The van der Waals surface area contributed by atoms with Crippen molar-refractivity contribution in [1.29, 1.82) is 0 Å². The van der Waals surface area contributed by atoms with Gasteiger partial charge in [-0.3, -0.25) is 4.79 Å². The Balaban J connectivity index is 0.00000208. The molecule has 5 heteroatoms. The zero-order valence-electron chi connectivity index (χ0n) is 14.0. The summed E-state index contributed by atoms with van der Waals surface area (Å²) in [4.78, 5) is 30.0. The van der Waals surface area contributed by atoms with Crippen molar-refractivity contribution < 1.29 is 15.8 Å². The third-order valence-corrected chi connectivity index (χ3v) is 4.78. The van der Waals surface area contributed by atoms with E-state index in [0.29, 0.717) is 12.8 Å². The number of carbonyl (C=O) groups is 2. The SMILES string of the molecule is CCC(=O)N1C(C(=O)OC)Cc2c([nH]c3ccccc23)C1(C)C.[HH]. The number of esters is 1. The minimum absolute atomic E-state index is 0. The van der Waals surface area contributed by atoms with E-state index in [1.54, 1.807) is 4.90 Å². The first kappa shape index (κ1) is 15.6. The number of nitrogens with one attached hydrogen (secondary N) is 1. The third kappa shape index (κ3) is 2.22. The zero-order valence-corrected chi connectivity index (χ0v) is 14.0. The van der Waals surface area contributed by atoms with Crippen LogP contribution in [0.15, 0.2) is 24.3 Å². The minimum atomic E-state index is -0.599. The molecule has 1 amide bonds. The molecule has 0 radical (unpaired) electrons. The topological polar surface area (TPSA) is 62.4 Å². The molecule has 1 N–H and O–H groups in total. The number of methoxy groups -OCH3 is 1. The van der Waals surface area contributed by atoms with Gasteiger partial charge >= 0.3 is 5.97 Å². The smallest absolute Gasteiger partial charge is 0.328 e. The molecule has 2 heterocycles. The van der Waals surface area contributed by atoms with Crippen LogP contribution in [0, 0.1) is 0 Å². The van der Waals surface area contributed by atoms with Gasteiger partial charge in [0.25, 0.3) is 0 Å². The van der Waals surface area contributed by atoms with E-state index < -0.39 is 11.6 Å². The van der Waals surface area contributed by atoms with Crippen molar-refractivity contribution in [2.24, 2.45) is 0 Å². The van der Waals surface area contributed by atoms with E-state index in [2.05, 4.69) is 4.98 Å². The molecule has 1 aliphatic rings. The Labute approximate surface area is 137 Å². The molecule has 0 spiro atoms. The number of aromatic amines is 1. The summed E-state index contributed by atoms with van der Waals surface area (Å²) >= 11 is 0. The lowest BCUT2D eigenvalue weighted by atomic mass is 9.83. The Kier molecular flexibility index (Phi) is 3.66. The van der Waals surface area contributed by atoms with Crippen LogP contribution in [-0.2, 0) is 26.3 Å². The molecule has 23 heavy (non-hydrogen) atoms. The number of hydrogen-bond acceptors (Lipinski definition) is 3.